The van der Waals surface area contributed by atoms with Crippen LogP contribution in [-0.2, 0) is 9.59 Å². The molecular formula is C20H22N2O2. The van der Waals surface area contributed by atoms with Gasteiger partial charge in [0.25, 0.3) is 0 Å². The lowest BCUT2D eigenvalue weighted by Crippen LogP contribution is -2.64. The van der Waals surface area contributed by atoms with Crippen molar-refractivity contribution in [2.45, 2.75) is 25.3 Å². The third-order valence-electron chi connectivity index (χ3n) is 4.63. The van der Waals surface area contributed by atoms with E-state index in [4.69, 9.17) is 0 Å². The summed E-state index contributed by atoms with van der Waals surface area (Å²) in [6, 6.07) is 19.5. The number of rotatable bonds is 3. The van der Waals surface area contributed by atoms with Crippen molar-refractivity contribution in [1.82, 2.24) is 10.2 Å². The largest absolute Gasteiger partial charge is 0.352 e. The lowest BCUT2D eigenvalue weighted by atomic mass is 9.87. The lowest BCUT2D eigenvalue weighted by Gasteiger charge is -2.42. The molecule has 4 nitrogen and oxygen atoms in total. The minimum Gasteiger partial charge on any atom is -0.352 e. The van der Waals surface area contributed by atoms with Gasteiger partial charge >= 0.3 is 0 Å². The van der Waals surface area contributed by atoms with Gasteiger partial charge in [-0.15, -0.1) is 0 Å². The smallest absolute Gasteiger partial charge is 0.245 e. The van der Waals surface area contributed by atoms with E-state index in [0.717, 1.165) is 11.1 Å². The molecule has 2 aromatic rings. The normalized spacial score (nSPS) is 16.8. The Morgan fingerprint density at radius 2 is 1.50 bits per heavy atom. The fourth-order valence-corrected chi connectivity index (χ4v) is 3.21. The molecule has 4 heteroatoms. The number of amides is 2. The van der Waals surface area contributed by atoms with Crippen LogP contribution in [0.5, 0.6) is 0 Å². The maximum absolute atomic E-state index is 13.4. The summed E-state index contributed by atoms with van der Waals surface area (Å²) in [4.78, 5) is 27.3. The Labute approximate surface area is 142 Å². The minimum atomic E-state index is -0.850. The van der Waals surface area contributed by atoms with E-state index in [1.165, 1.54) is 0 Å². The number of nitrogens with zero attached hydrogens (tertiary/aromatic N) is 1. The van der Waals surface area contributed by atoms with Crippen molar-refractivity contribution in [3.8, 4) is 0 Å². The summed E-state index contributed by atoms with van der Waals surface area (Å²) in [5.41, 5.74) is 1.03. The molecule has 0 radical (unpaired) electrons. The van der Waals surface area contributed by atoms with E-state index in [0.29, 0.717) is 13.1 Å². The zero-order valence-electron chi connectivity index (χ0n) is 14.0. The summed E-state index contributed by atoms with van der Waals surface area (Å²) in [5, 5.41) is 2.84. The van der Waals surface area contributed by atoms with Crippen LogP contribution in [0, 0.1) is 0 Å². The van der Waals surface area contributed by atoms with Crippen molar-refractivity contribution in [3.63, 3.8) is 0 Å². The van der Waals surface area contributed by atoms with Crippen molar-refractivity contribution in [2.75, 3.05) is 13.1 Å². The molecule has 0 spiro atoms. The highest BCUT2D eigenvalue weighted by molar-refractivity contribution is 5.95. The number of piperazine rings is 1. The Kier molecular flexibility index (Phi) is 4.38. The molecule has 24 heavy (non-hydrogen) atoms. The van der Waals surface area contributed by atoms with Gasteiger partial charge < -0.3 is 10.2 Å². The summed E-state index contributed by atoms with van der Waals surface area (Å²) in [6.45, 7) is 4.61. The number of carbonyl (C=O) groups is 2. The van der Waals surface area contributed by atoms with Gasteiger partial charge in [0.15, 0.2) is 0 Å². The molecule has 0 aromatic heterocycles. The van der Waals surface area contributed by atoms with Crippen LogP contribution in [0.1, 0.15) is 30.9 Å². The Hall–Kier alpha value is -2.62. The second-order valence-electron chi connectivity index (χ2n) is 6.56. The summed E-state index contributed by atoms with van der Waals surface area (Å²) in [6.07, 6.45) is 0. The second-order valence-corrected chi connectivity index (χ2v) is 6.56. The topological polar surface area (TPSA) is 49.4 Å². The fourth-order valence-electron chi connectivity index (χ4n) is 3.21. The maximum Gasteiger partial charge on any atom is 0.245 e. The minimum absolute atomic E-state index is 0.0350. The SMILES string of the molecule is CC1(C)C(=O)NCCN1C(=O)C(c1ccccc1)c1ccccc1. The molecule has 1 fully saturated rings. The van der Waals surface area contributed by atoms with Gasteiger partial charge in [-0.1, -0.05) is 60.7 Å². The van der Waals surface area contributed by atoms with E-state index in [1.807, 2.05) is 60.7 Å². The van der Waals surface area contributed by atoms with Gasteiger partial charge in [-0.2, -0.15) is 0 Å². The van der Waals surface area contributed by atoms with E-state index in [1.54, 1.807) is 18.7 Å². The zero-order chi connectivity index (χ0) is 17.2. The standard InChI is InChI=1S/C20H22N2O2/c1-20(2)19(24)21-13-14-22(20)18(23)17(15-9-5-3-6-10-15)16-11-7-4-8-12-16/h3-12,17H,13-14H2,1-2H3,(H,21,24). The monoisotopic (exact) mass is 322 g/mol. The molecule has 0 atom stereocenters. The Balaban J connectivity index is 2.03. The van der Waals surface area contributed by atoms with E-state index in [2.05, 4.69) is 5.32 Å². The molecule has 1 aliphatic rings. The average molecular weight is 322 g/mol. The number of carbonyl (C=O) groups excluding carboxylic acids is 2. The zero-order valence-corrected chi connectivity index (χ0v) is 14.0. The van der Waals surface area contributed by atoms with Crippen LogP contribution in [0.3, 0.4) is 0 Å². The van der Waals surface area contributed by atoms with Crippen LogP contribution < -0.4 is 5.32 Å². The number of hydrogen-bond donors (Lipinski definition) is 1. The van der Waals surface area contributed by atoms with E-state index < -0.39 is 11.5 Å². The fraction of sp³-hybridized carbons (Fsp3) is 0.300. The number of benzene rings is 2. The van der Waals surface area contributed by atoms with Gasteiger partial charge in [0, 0.05) is 13.1 Å². The first-order chi connectivity index (χ1) is 11.5. The van der Waals surface area contributed by atoms with Gasteiger partial charge in [0.05, 0.1) is 5.92 Å². The van der Waals surface area contributed by atoms with E-state index in [-0.39, 0.29) is 11.8 Å². The summed E-state index contributed by atoms with van der Waals surface area (Å²) in [7, 11) is 0. The Morgan fingerprint density at radius 3 is 2.00 bits per heavy atom. The van der Waals surface area contributed by atoms with Crippen molar-refractivity contribution >= 4 is 11.8 Å². The third-order valence-corrected chi connectivity index (χ3v) is 4.63. The second kappa shape index (κ2) is 6.48. The predicted octanol–water partition coefficient (Wildman–Crippen LogP) is 2.56. The molecule has 1 heterocycles. The molecule has 1 N–H and O–H groups in total. The highest BCUT2D eigenvalue weighted by atomic mass is 16.2. The Morgan fingerprint density at radius 1 is 1.00 bits per heavy atom. The first-order valence-electron chi connectivity index (χ1n) is 8.21. The van der Waals surface area contributed by atoms with Gasteiger partial charge in [0.2, 0.25) is 11.8 Å². The maximum atomic E-state index is 13.4. The molecule has 0 saturated carbocycles. The van der Waals surface area contributed by atoms with E-state index >= 15 is 0 Å². The van der Waals surface area contributed by atoms with Crippen LogP contribution in [0.15, 0.2) is 60.7 Å². The van der Waals surface area contributed by atoms with Gasteiger partial charge in [-0.3, -0.25) is 9.59 Å². The molecular weight excluding hydrogens is 300 g/mol. The molecule has 3 rings (SSSR count). The van der Waals surface area contributed by atoms with Crippen LogP contribution in [0.25, 0.3) is 0 Å². The average Bonchev–Trinajstić information content (AvgIpc) is 2.59. The molecule has 0 unspecified atom stereocenters. The first-order valence-corrected chi connectivity index (χ1v) is 8.21. The molecule has 2 amide bonds. The molecule has 0 bridgehead atoms. The van der Waals surface area contributed by atoms with Crippen molar-refractivity contribution in [2.24, 2.45) is 0 Å². The predicted molar refractivity (Wildman–Crippen MR) is 93.5 cm³/mol. The Bertz CT molecular complexity index is 686. The van der Waals surface area contributed by atoms with Crippen molar-refractivity contribution in [1.29, 1.82) is 0 Å². The van der Waals surface area contributed by atoms with Crippen LogP contribution >= 0.6 is 0 Å². The van der Waals surface area contributed by atoms with E-state index in [9.17, 15) is 9.59 Å². The van der Waals surface area contributed by atoms with Crippen molar-refractivity contribution in [3.05, 3.63) is 71.8 Å². The quantitative estimate of drug-likeness (QED) is 0.944. The molecule has 1 saturated heterocycles. The summed E-state index contributed by atoms with van der Waals surface area (Å²) in [5.74, 6) is -0.549. The van der Waals surface area contributed by atoms with Crippen LogP contribution in [0.4, 0.5) is 0 Å². The molecule has 2 aromatic carbocycles. The van der Waals surface area contributed by atoms with Gasteiger partial charge in [-0.05, 0) is 25.0 Å². The molecule has 124 valence electrons. The number of nitrogens with one attached hydrogen (secondary N) is 1. The van der Waals surface area contributed by atoms with Gasteiger partial charge in [0.1, 0.15) is 5.54 Å². The molecule has 0 aliphatic carbocycles. The number of hydrogen-bond acceptors (Lipinski definition) is 2. The third kappa shape index (κ3) is 2.92. The highest BCUT2D eigenvalue weighted by Gasteiger charge is 2.43. The van der Waals surface area contributed by atoms with Crippen LogP contribution in [0.2, 0.25) is 0 Å². The lowest BCUT2D eigenvalue weighted by molar-refractivity contribution is -0.149. The van der Waals surface area contributed by atoms with Gasteiger partial charge in [-0.25, -0.2) is 0 Å². The van der Waals surface area contributed by atoms with Crippen LogP contribution in [-0.4, -0.2) is 35.3 Å². The first kappa shape index (κ1) is 16.2. The highest BCUT2D eigenvalue weighted by Crippen LogP contribution is 2.30. The summed E-state index contributed by atoms with van der Waals surface area (Å²) >= 11 is 0. The molecule has 1 aliphatic heterocycles. The van der Waals surface area contributed by atoms with Crippen molar-refractivity contribution < 1.29 is 9.59 Å². The summed E-state index contributed by atoms with van der Waals surface area (Å²) < 4.78 is 0.